The summed E-state index contributed by atoms with van der Waals surface area (Å²) in [6, 6.07) is 16.6. The van der Waals surface area contributed by atoms with Crippen LogP contribution in [0.3, 0.4) is 0 Å². The topological polar surface area (TPSA) is 88.7 Å². The predicted octanol–water partition coefficient (Wildman–Crippen LogP) is 4.64. The molecular weight excluding hydrogens is 352 g/mol. The second-order valence-electron chi connectivity index (χ2n) is 6.87. The maximum absolute atomic E-state index is 12.1. The number of furan rings is 1. The summed E-state index contributed by atoms with van der Waals surface area (Å²) in [5.74, 6) is 0.789. The summed E-state index contributed by atoms with van der Waals surface area (Å²) in [4.78, 5) is 15.6. The van der Waals surface area contributed by atoms with Crippen molar-refractivity contribution < 1.29 is 9.21 Å². The Hall–Kier alpha value is -3.51. The summed E-state index contributed by atoms with van der Waals surface area (Å²) >= 11 is 0. The van der Waals surface area contributed by atoms with Crippen LogP contribution in [-0.4, -0.2) is 6.03 Å². The van der Waals surface area contributed by atoms with Crippen LogP contribution in [0.25, 0.3) is 6.08 Å². The summed E-state index contributed by atoms with van der Waals surface area (Å²) in [6.07, 6.45) is 3.27. The van der Waals surface area contributed by atoms with E-state index in [9.17, 15) is 4.79 Å². The van der Waals surface area contributed by atoms with Crippen LogP contribution >= 0.6 is 0 Å². The van der Waals surface area contributed by atoms with E-state index in [4.69, 9.17) is 15.9 Å². The van der Waals surface area contributed by atoms with Gasteiger partial charge in [0.25, 0.3) is 0 Å². The molecule has 0 aliphatic carbocycles. The van der Waals surface area contributed by atoms with Crippen LogP contribution in [0.15, 0.2) is 71.0 Å². The quantitative estimate of drug-likeness (QED) is 0.699. The lowest BCUT2D eigenvalue weighted by Crippen LogP contribution is -2.35. The number of nitrogens with two attached hydrogens (primary N) is 2. The van der Waals surface area contributed by atoms with Crippen molar-refractivity contribution in [3.63, 3.8) is 0 Å². The zero-order chi connectivity index (χ0) is 19.8. The highest BCUT2D eigenvalue weighted by Crippen LogP contribution is 2.37. The molecular formula is C22H22N4O2. The van der Waals surface area contributed by atoms with Crippen LogP contribution < -0.4 is 21.3 Å². The van der Waals surface area contributed by atoms with Gasteiger partial charge < -0.3 is 20.8 Å². The molecule has 0 spiro atoms. The summed E-state index contributed by atoms with van der Waals surface area (Å²) in [6.45, 7) is 3.98. The number of carbonyl (C=O) groups excluding carboxylic acids is 1. The normalized spacial score (nSPS) is 15.8. The average Bonchev–Trinajstić information content (AvgIpc) is 3.13. The van der Waals surface area contributed by atoms with Gasteiger partial charge in [0.15, 0.2) is 0 Å². The van der Waals surface area contributed by atoms with E-state index >= 15 is 0 Å². The molecule has 2 amide bonds. The van der Waals surface area contributed by atoms with Crippen molar-refractivity contribution in [2.75, 3.05) is 9.80 Å². The second-order valence-corrected chi connectivity index (χ2v) is 6.87. The largest absolute Gasteiger partial charge is 0.464 e. The smallest absolute Gasteiger partial charge is 0.323 e. The summed E-state index contributed by atoms with van der Waals surface area (Å²) in [5.41, 5.74) is 17.5. The fourth-order valence-corrected chi connectivity index (χ4v) is 3.53. The molecule has 1 atom stereocenters. The molecule has 1 aliphatic rings. The molecule has 0 fully saturated rings. The van der Waals surface area contributed by atoms with Crippen LogP contribution in [0.5, 0.6) is 0 Å². The Bertz CT molecular complexity index is 1040. The van der Waals surface area contributed by atoms with Gasteiger partial charge >= 0.3 is 6.03 Å². The molecule has 0 saturated carbocycles. The number of allylic oxidation sites excluding steroid dienone is 1. The van der Waals surface area contributed by atoms with Gasteiger partial charge in [-0.15, -0.1) is 0 Å². The van der Waals surface area contributed by atoms with Gasteiger partial charge in [0.1, 0.15) is 11.9 Å². The van der Waals surface area contributed by atoms with E-state index in [1.165, 1.54) is 4.90 Å². The van der Waals surface area contributed by atoms with Crippen LogP contribution in [0.2, 0.25) is 0 Å². The molecule has 1 unspecified atom stereocenters. The van der Waals surface area contributed by atoms with Gasteiger partial charge in [0.2, 0.25) is 0 Å². The van der Waals surface area contributed by atoms with Crippen LogP contribution in [0.1, 0.15) is 30.0 Å². The van der Waals surface area contributed by atoms with Gasteiger partial charge in [-0.1, -0.05) is 17.7 Å². The molecule has 0 bridgehead atoms. The lowest BCUT2D eigenvalue weighted by Gasteiger charge is -2.34. The van der Waals surface area contributed by atoms with Crippen LogP contribution in [0.4, 0.5) is 21.9 Å². The van der Waals surface area contributed by atoms with Gasteiger partial charge in [0, 0.05) is 23.0 Å². The Morgan fingerprint density at radius 3 is 2.21 bits per heavy atom. The summed E-state index contributed by atoms with van der Waals surface area (Å²) in [7, 11) is 0. The van der Waals surface area contributed by atoms with E-state index < -0.39 is 6.03 Å². The maximum Gasteiger partial charge on any atom is 0.323 e. The lowest BCUT2D eigenvalue weighted by molar-refractivity contribution is 0.256. The summed E-state index contributed by atoms with van der Waals surface area (Å²) in [5, 5.41) is 0. The van der Waals surface area contributed by atoms with E-state index in [1.54, 1.807) is 6.26 Å². The lowest BCUT2D eigenvalue weighted by atomic mass is 10.1. The van der Waals surface area contributed by atoms with E-state index in [0.717, 1.165) is 34.0 Å². The van der Waals surface area contributed by atoms with Crippen molar-refractivity contribution in [3.8, 4) is 0 Å². The number of benzene rings is 2. The molecule has 6 nitrogen and oxygen atoms in total. The molecule has 2 aromatic carbocycles. The molecule has 142 valence electrons. The highest BCUT2D eigenvalue weighted by atomic mass is 16.3. The third-order valence-corrected chi connectivity index (χ3v) is 4.94. The van der Waals surface area contributed by atoms with Gasteiger partial charge in [-0.25, -0.2) is 4.79 Å². The Labute approximate surface area is 163 Å². The van der Waals surface area contributed by atoms with Crippen molar-refractivity contribution in [2.24, 2.45) is 11.5 Å². The number of hydrogen-bond acceptors (Lipinski definition) is 4. The number of anilines is 3. The fourth-order valence-electron chi connectivity index (χ4n) is 3.53. The fraction of sp³-hybridized carbons (Fsp3) is 0.136. The predicted molar refractivity (Wildman–Crippen MR) is 111 cm³/mol. The number of urea groups is 1. The number of fused-ring (bicyclic) bond motifs is 1. The maximum atomic E-state index is 12.1. The molecule has 3 aromatic rings. The SMILES string of the molecule is CC1=Cc2occc2C(N)N1c1ccc(N(C(N)=O)c2ccc(C)cc2)cc1. The first-order valence-electron chi connectivity index (χ1n) is 9.02. The van der Waals surface area contributed by atoms with Crippen molar-refractivity contribution in [2.45, 2.75) is 20.0 Å². The standard InChI is InChI=1S/C22H22N4O2/c1-14-3-5-17(6-4-14)26(22(24)27)18-9-7-16(8-10-18)25-15(2)13-20-19(21(25)23)11-12-28-20/h3-13,21H,23H2,1-2H3,(H2,24,27). The van der Waals surface area contributed by atoms with Crippen molar-refractivity contribution >= 4 is 29.2 Å². The second kappa shape index (κ2) is 6.90. The van der Waals surface area contributed by atoms with E-state index in [2.05, 4.69) is 0 Å². The van der Waals surface area contributed by atoms with Gasteiger partial charge in [-0.05, 0) is 56.3 Å². The van der Waals surface area contributed by atoms with Crippen molar-refractivity contribution in [1.29, 1.82) is 0 Å². The first kappa shape index (κ1) is 17.9. The highest BCUT2D eigenvalue weighted by molar-refractivity contribution is 5.98. The number of primary amides is 1. The van der Waals surface area contributed by atoms with Crippen LogP contribution in [-0.2, 0) is 0 Å². The van der Waals surface area contributed by atoms with E-state index in [1.807, 2.05) is 79.4 Å². The van der Waals surface area contributed by atoms with E-state index in [-0.39, 0.29) is 6.17 Å². The van der Waals surface area contributed by atoms with Gasteiger partial charge in [-0.2, -0.15) is 0 Å². The molecule has 1 aromatic heterocycles. The van der Waals surface area contributed by atoms with Gasteiger partial charge in [0.05, 0.1) is 17.6 Å². The Morgan fingerprint density at radius 2 is 1.61 bits per heavy atom. The minimum absolute atomic E-state index is 0.339. The highest BCUT2D eigenvalue weighted by Gasteiger charge is 2.27. The molecule has 2 heterocycles. The third-order valence-electron chi connectivity index (χ3n) is 4.94. The number of rotatable bonds is 3. The zero-order valence-electron chi connectivity index (χ0n) is 15.8. The molecule has 28 heavy (non-hydrogen) atoms. The average molecular weight is 374 g/mol. The minimum atomic E-state index is -0.537. The number of nitrogens with zero attached hydrogens (tertiary/aromatic N) is 2. The summed E-state index contributed by atoms with van der Waals surface area (Å²) < 4.78 is 5.47. The molecule has 1 aliphatic heterocycles. The first-order valence-corrected chi connectivity index (χ1v) is 9.02. The first-order chi connectivity index (χ1) is 13.5. The van der Waals surface area contributed by atoms with Crippen molar-refractivity contribution in [1.82, 2.24) is 0 Å². The Morgan fingerprint density at radius 1 is 1.00 bits per heavy atom. The minimum Gasteiger partial charge on any atom is -0.464 e. The molecule has 4 N–H and O–H groups in total. The number of aryl methyl sites for hydroxylation is 1. The number of amides is 2. The van der Waals surface area contributed by atoms with Crippen LogP contribution in [0, 0.1) is 6.92 Å². The monoisotopic (exact) mass is 374 g/mol. The Balaban J connectivity index is 1.66. The van der Waals surface area contributed by atoms with Gasteiger partial charge in [-0.3, -0.25) is 4.90 Å². The molecule has 0 saturated heterocycles. The molecule has 6 heteroatoms. The van der Waals surface area contributed by atoms with Crippen molar-refractivity contribution in [3.05, 3.63) is 83.4 Å². The molecule has 0 radical (unpaired) electrons. The zero-order valence-corrected chi connectivity index (χ0v) is 15.8. The third kappa shape index (κ3) is 3.04. The van der Waals surface area contributed by atoms with E-state index in [0.29, 0.717) is 5.69 Å². The Kier molecular flexibility index (Phi) is 4.41. The number of hydrogen-bond donors (Lipinski definition) is 2. The molecule has 4 rings (SSSR count). The number of carbonyl (C=O) groups is 1.